The molecule has 1 fully saturated rings. The minimum Gasteiger partial charge on any atom is -0.496 e. The van der Waals surface area contributed by atoms with Crippen molar-refractivity contribution in [3.05, 3.63) is 29.8 Å². The average Bonchev–Trinajstić information content (AvgIpc) is 3.09. The van der Waals surface area contributed by atoms with Gasteiger partial charge in [0.25, 0.3) is 5.91 Å². The lowest BCUT2D eigenvalue weighted by atomic mass is 10.1. The van der Waals surface area contributed by atoms with Crippen LogP contribution in [0.4, 0.5) is 0 Å². The zero-order valence-corrected chi connectivity index (χ0v) is 8.99. The molecule has 2 rings (SSSR count). The molecule has 4 nitrogen and oxygen atoms in total. The third kappa shape index (κ3) is 1.84. The first kappa shape index (κ1) is 10.5. The second-order valence-corrected chi connectivity index (χ2v) is 3.85. The number of hydrogen-bond donors (Lipinski definition) is 1. The fourth-order valence-electron chi connectivity index (χ4n) is 1.51. The number of ether oxygens (including phenoxy) is 1. The van der Waals surface area contributed by atoms with Crippen LogP contribution in [0.25, 0.3) is 0 Å². The topological polar surface area (TPSA) is 62.1 Å². The van der Waals surface area contributed by atoms with Crippen LogP contribution in [0.3, 0.4) is 0 Å². The highest BCUT2D eigenvalue weighted by Gasteiger charge is 2.44. The number of hydrogen-bond acceptors (Lipinski definition) is 3. The van der Waals surface area contributed by atoms with Gasteiger partial charge < -0.3 is 10.1 Å². The van der Waals surface area contributed by atoms with Gasteiger partial charge in [0.15, 0.2) is 0 Å². The smallest absolute Gasteiger partial charge is 0.256 e. The van der Waals surface area contributed by atoms with E-state index in [1.165, 1.54) is 7.11 Å². The summed E-state index contributed by atoms with van der Waals surface area (Å²) in [6, 6.07) is 9.09. The first-order valence-corrected chi connectivity index (χ1v) is 5.07. The van der Waals surface area contributed by atoms with E-state index >= 15 is 0 Å². The van der Waals surface area contributed by atoms with Gasteiger partial charge in [0.1, 0.15) is 11.3 Å². The molecule has 0 aliphatic heterocycles. The van der Waals surface area contributed by atoms with Gasteiger partial charge in [-0.3, -0.25) is 4.79 Å². The predicted octanol–water partition coefficient (Wildman–Crippen LogP) is 1.48. The lowest BCUT2D eigenvalue weighted by Gasteiger charge is -2.11. The molecule has 4 heteroatoms. The van der Waals surface area contributed by atoms with E-state index in [4.69, 9.17) is 10.00 Å². The summed E-state index contributed by atoms with van der Waals surface area (Å²) in [5, 5.41) is 11.6. The standard InChI is InChI=1S/C12H12N2O2/c1-16-10-5-3-2-4-9(10)11(15)14-12(8-13)6-7-12/h2-5H,6-7H2,1H3,(H,14,15). The quantitative estimate of drug-likeness (QED) is 0.832. The summed E-state index contributed by atoms with van der Waals surface area (Å²) < 4.78 is 5.09. The Kier molecular flexibility index (Phi) is 2.53. The summed E-state index contributed by atoms with van der Waals surface area (Å²) in [5.41, 5.74) is -0.177. The first-order valence-electron chi connectivity index (χ1n) is 5.07. The van der Waals surface area contributed by atoms with Crippen LogP contribution in [0.1, 0.15) is 23.2 Å². The maximum absolute atomic E-state index is 11.9. The maximum atomic E-state index is 11.9. The average molecular weight is 216 g/mol. The molecule has 1 aromatic rings. The zero-order valence-electron chi connectivity index (χ0n) is 8.99. The molecule has 0 heterocycles. The van der Waals surface area contributed by atoms with Crippen molar-refractivity contribution in [3.63, 3.8) is 0 Å². The SMILES string of the molecule is COc1ccccc1C(=O)NC1(C#N)CC1. The van der Waals surface area contributed by atoms with Crippen LogP contribution in [-0.2, 0) is 0 Å². The van der Waals surface area contributed by atoms with Crippen LogP contribution in [0.15, 0.2) is 24.3 Å². The van der Waals surface area contributed by atoms with Crippen molar-refractivity contribution < 1.29 is 9.53 Å². The minimum atomic E-state index is -0.641. The predicted molar refractivity (Wildman–Crippen MR) is 58.0 cm³/mol. The Balaban J connectivity index is 2.18. The number of nitriles is 1. The van der Waals surface area contributed by atoms with E-state index in [2.05, 4.69) is 11.4 Å². The summed E-state index contributed by atoms with van der Waals surface area (Å²) in [4.78, 5) is 11.9. The second-order valence-electron chi connectivity index (χ2n) is 3.85. The van der Waals surface area contributed by atoms with Gasteiger partial charge in [0, 0.05) is 0 Å². The maximum Gasteiger partial charge on any atom is 0.256 e. The van der Waals surface area contributed by atoms with Gasteiger partial charge in [-0.25, -0.2) is 0 Å². The third-order valence-corrected chi connectivity index (χ3v) is 2.67. The van der Waals surface area contributed by atoms with Crippen LogP contribution >= 0.6 is 0 Å². The largest absolute Gasteiger partial charge is 0.496 e. The molecular weight excluding hydrogens is 204 g/mol. The Labute approximate surface area is 93.8 Å². The number of nitrogens with one attached hydrogen (secondary N) is 1. The van der Waals surface area contributed by atoms with E-state index in [-0.39, 0.29) is 5.91 Å². The van der Waals surface area contributed by atoms with Crippen molar-refractivity contribution in [1.29, 1.82) is 5.26 Å². The van der Waals surface area contributed by atoms with Crippen molar-refractivity contribution in [2.75, 3.05) is 7.11 Å². The summed E-state index contributed by atoms with van der Waals surface area (Å²) in [7, 11) is 1.52. The highest BCUT2D eigenvalue weighted by molar-refractivity contribution is 5.97. The molecule has 1 aliphatic rings. The number of methoxy groups -OCH3 is 1. The molecule has 0 saturated heterocycles. The van der Waals surface area contributed by atoms with Gasteiger partial charge in [-0.1, -0.05) is 12.1 Å². The van der Waals surface area contributed by atoms with Gasteiger partial charge in [0.2, 0.25) is 0 Å². The molecule has 1 aliphatic carbocycles. The van der Waals surface area contributed by atoms with Crippen molar-refractivity contribution in [2.45, 2.75) is 18.4 Å². The summed E-state index contributed by atoms with van der Waals surface area (Å²) >= 11 is 0. The van der Waals surface area contributed by atoms with Crippen LogP contribution in [0.2, 0.25) is 0 Å². The number of nitrogens with zero attached hydrogens (tertiary/aromatic N) is 1. The Hall–Kier alpha value is -2.02. The number of amides is 1. The molecule has 0 unspecified atom stereocenters. The molecule has 82 valence electrons. The highest BCUT2D eigenvalue weighted by Crippen LogP contribution is 2.35. The molecule has 0 aromatic heterocycles. The number of rotatable bonds is 3. The lowest BCUT2D eigenvalue weighted by Crippen LogP contribution is -2.35. The molecular formula is C12H12N2O2. The monoisotopic (exact) mass is 216 g/mol. The number of carbonyl (C=O) groups is 1. The van der Waals surface area contributed by atoms with Crippen molar-refractivity contribution in [1.82, 2.24) is 5.32 Å². The molecule has 0 bridgehead atoms. The van der Waals surface area contributed by atoms with Crippen LogP contribution < -0.4 is 10.1 Å². The minimum absolute atomic E-state index is 0.253. The van der Waals surface area contributed by atoms with E-state index in [1.807, 2.05) is 0 Å². The first-order chi connectivity index (χ1) is 7.71. The van der Waals surface area contributed by atoms with Gasteiger partial charge in [-0.2, -0.15) is 5.26 Å². The van der Waals surface area contributed by atoms with Gasteiger partial charge in [-0.05, 0) is 25.0 Å². The van der Waals surface area contributed by atoms with Crippen molar-refractivity contribution >= 4 is 5.91 Å². The Morgan fingerprint density at radius 1 is 1.50 bits per heavy atom. The van der Waals surface area contributed by atoms with Gasteiger partial charge >= 0.3 is 0 Å². The highest BCUT2D eigenvalue weighted by atomic mass is 16.5. The fourth-order valence-corrected chi connectivity index (χ4v) is 1.51. The molecule has 0 radical (unpaired) electrons. The summed E-state index contributed by atoms with van der Waals surface area (Å²) in [6.07, 6.45) is 1.45. The summed E-state index contributed by atoms with van der Waals surface area (Å²) in [6.45, 7) is 0. The number of carbonyl (C=O) groups excluding carboxylic acids is 1. The van der Waals surface area contributed by atoms with E-state index in [0.717, 1.165) is 12.8 Å². The summed E-state index contributed by atoms with van der Waals surface area (Å²) in [5.74, 6) is 0.269. The van der Waals surface area contributed by atoms with E-state index in [9.17, 15) is 4.79 Å². The molecule has 1 saturated carbocycles. The van der Waals surface area contributed by atoms with Gasteiger partial charge in [-0.15, -0.1) is 0 Å². The second kappa shape index (κ2) is 3.86. The molecule has 1 N–H and O–H groups in total. The van der Waals surface area contributed by atoms with E-state index < -0.39 is 5.54 Å². The Bertz CT molecular complexity index is 458. The lowest BCUT2D eigenvalue weighted by molar-refractivity contribution is 0.0938. The molecule has 1 amide bonds. The van der Waals surface area contributed by atoms with Crippen molar-refractivity contribution in [3.8, 4) is 11.8 Å². The van der Waals surface area contributed by atoms with Crippen LogP contribution in [0, 0.1) is 11.3 Å². The van der Waals surface area contributed by atoms with Crippen LogP contribution in [-0.4, -0.2) is 18.6 Å². The van der Waals surface area contributed by atoms with Gasteiger partial charge in [0.05, 0.1) is 18.7 Å². The van der Waals surface area contributed by atoms with E-state index in [0.29, 0.717) is 11.3 Å². The molecule has 1 aromatic carbocycles. The third-order valence-electron chi connectivity index (χ3n) is 2.67. The van der Waals surface area contributed by atoms with Crippen LogP contribution in [0.5, 0.6) is 5.75 Å². The number of para-hydroxylation sites is 1. The van der Waals surface area contributed by atoms with Crippen molar-refractivity contribution in [2.24, 2.45) is 0 Å². The number of benzene rings is 1. The Morgan fingerprint density at radius 3 is 2.75 bits per heavy atom. The zero-order chi connectivity index (χ0) is 11.6. The molecule has 16 heavy (non-hydrogen) atoms. The fraction of sp³-hybridized carbons (Fsp3) is 0.333. The normalized spacial score (nSPS) is 16.0. The van der Waals surface area contributed by atoms with E-state index in [1.54, 1.807) is 24.3 Å². The molecule has 0 atom stereocenters. The molecule has 0 spiro atoms. The Morgan fingerprint density at radius 2 is 2.19 bits per heavy atom.